The Morgan fingerprint density at radius 1 is 1.21 bits per heavy atom. The van der Waals surface area contributed by atoms with Gasteiger partial charge >= 0.3 is 0 Å². The fourth-order valence-electron chi connectivity index (χ4n) is 2.82. The maximum atomic E-state index is 12.4. The number of hydrogen-bond donors (Lipinski definition) is 2. The molecular formula is C19H25N5O4S. The lowest BCUT2D eigenvalue weighted by atomic mass is 10.2. The minimum absolute atomic E-state index is 0.0935. The zero-order valence-electron chi connectivity index (χ0n) is 16.5. The third-order valence-corrected chi connectivity index (χ3v) is 5.42. The summed E-state index contributed by atoms with van der Waals surface area (Å²) >= 11 is 0. The number of benzene rings is 1. The van der Waals surface area contributed by atoms with Gasteiger partial charge in [-0.3, -0.25) is 9.59 Å². The number of carbonyl (C=O) groups excluding carboxylic acids is 2. The highest BCUT2D eigenvalue weighted by molar-refractivity contribution is 7.90. The Labute approximate surface area is 169 Å². The van der Waals surface area contributed by atoms with Gasteiger partial charge in [-0.05, 0) is 43.5 Å². The first kappa shape index (κ1) is 21.0. The lowest BCUT2D eigenvalue weighted by molar-refractivity contribution is -0.115. The Hall–Kier alpha value is -2.75. The first-order valence-corrected chi connectivity index (χ1v) is 11.7. The van der Waals surface area contributed by atoms with Gasteiger partial charge in [-0.1, -0.05) is 18.6 Å². The van der Waals surface area contributed by atoms with Gasteiger partial charge in [0.05, 0.1) is 17.1 Å². The molecule has 10 heteroatoms. The molecule has 1 aromatic heterocycles. The molecule has 9 nitrogen and oxygen atoms in total. The SMILES string of the molecule is CCCc1c(C(=O)NC2CC2)nnn1-c1ccc(NC(=O)CCS(C)(=O)=O)cc1. The summed E-state index contributed by atoms with van der Waals surface area (Å²) in [5.74, 6) is -0.756. The molecule has 0 saturated heterocycles. The lowest BCUT2D eigenvalue weighted by Gasteiger charge is -2.09. The predicted molar refractivity (Wildman–Crippen MR) is 109 cm³/mol. The number of aromatic nitrogens is 3. The van der Waals surface area contributed by atoms with Crippen LogP contribution in [0.15, 0.2) is 24.3 Å². The van der Waals surface area contributed by atoms with Crippen LogP contribution in [-0.2, 0) is 21.1 Å². The summed E-state index contributed by atoms with van der Waals surface area (Å²) in [6.45, 7) is 2.02. The standard InChI is InChI=1S/C19H25N5O4S/c1-3-4-16-18(19(26)21-14-5-6-14)22-23-24(16)15-9-7-13(8-10-15)20-17(25)11-12-29(2,27)28/h7-10,14H,3-6,11-12H2,1-2H3,(H,20,25)(H,21,26). The summed E-state index contributed by atoms with van der Waals surface area (Å²) in [6, 6.07) is 7.18. The van der Waals surface area contributed by atoms with Gasteiger partial charge in [-0.15, -0.1) is 5.10 Å². The van der Waals surface area contributed by atoms with Crippen molar-refractivity contribution < 1.29 is 18.0 Å². The molecule has 1 saturated carbocycles. The van der Waals surface area contributed by atoms with E-state index < -0.39 is 9.84 Å². The van der Waals surface area contributed by atoms with Crippen LogP contribution in [0.3, 0.4) is 0 Å². The molecule has 0 atom stereocenters. The highest BCUT2D eigenvalue weighted by Gasteiger charge is 2.27. The second-order valence-corrected chi connectivity index (χ2v) is 9.53. The molecule has 1 aliphatic rings. The van der Waals surface area contributed by atoms with E-state index in [1.54, 1.807) is 28.9 Å². The summed E-state index contributed by atoms with van der Waals surface area (Å²) in [6.07, 6.45) is 4.50. The molecule has 2 N–H and O–H groups in total. The van der Waals surface area contributed by atoms with Crippen LogP contribution in [0, 0.1) is 0 Å². The first-order chi connectivity index (χ1) is 13.8. The monoisotopic (exact) mass is 419 g/mol. The average molecular weight is 420 g/mol. The quantitative estimate of drug-likeness (QED) is 0.635. The molecule has 0 bridgehead atoms. The largest absolute Gasteiger partial charge is 0.348 e. The number of nitrogens with zero attached hydrogens (tertiary/aromatic N) is 3. The summed E-state index contributed by atoms with van der Waals surface area (Å²) < 4.78 is 24.0. The fraction of sp³-hybridized carbons (Fsp3) is 0.474. The van der Waals surface area contributed by atoms with Crippen molar-refractivity contribution >= 4 is 27.3 Å². The molecule has 1 aromatic carbocycles. The van der Waals surface area contributed by atoms with E-state index in [9.17, 15) is 18.0 Å². The van der Waals surface area contributed by atoms with Gasteiger partial charge in [0.2, 0.25) is 5.91 Å². The van der Waals surface area contributed by atoms with Crippen molar-refractivity contribution in [1.82, 2.24) is 20.3 Å². The van der Waals surface area contributed by atoms with E-state index in [0.29, 0.717) is 17.8 Å². The number of hydrogen-bond acceptors (Lipinski definition) is 6. The summed E-state index contributed by atoms with van der Waals surface area (Å²) in [7, 11) is -3.19. The number of amides is 2. The number of nitrogens with one attached hydrogen (secondary N) is 2. The van der Waals surface area contributed by atoms with Crippen LogP contribution in [0.1, 0.15) is 48.8 Å². The normalized spacial score (nSPS) is 13.9. The molecule has 1 fully saturated rings. The van der Waals surface area contributed by atoms with Gasteiger partial charge in [0.25, 0.3) is 5.91 Å². The van der Waals surface area contributed by atoms with Crippen molar-refractivity contribution in [3.8, 4) is 5.69 Å². The van der Waals surface area contributed by atoms with Gasteiger partial charge in [0.1, 0.15) is 9.84 Å². The molecule has 29 heavy (non-hydrogen) atoms. The zero-order chi connectivity index (χ0) is 21.0. The number of anilines is 1. The van der Waals surface area contributed by atoms with Crippen LogP contribution in [0.2, 0.25) is 0 Å². The lowest BCUT2D eigenvalue weighted by Crippen LogP contribution is -2.27. The average Bonchev–Trinajstić information content (AvgIpc) is 3.37. The Bertz CT molecular complexity index is 994. The van der Waals surface area contributed by atoms with Crippen molar-refractivity contribution in [2.75, 3.05) is 17.3 Å². The predicted octanol–water partition coefficient (Wildman–Crippen LogP) is 1.49. The first-order valence-electron chi connectivity index (χ1n) is 9.60. The van der Waals surface area contributed by atoms with E-state index in [1.807, 2.05) is 6.92 Å². The van der Waals surface area contributed by atoms with Crippen molar-refractivity contribution in [3.05, 3.63) is 35.7 Å². The van der Waals surface area contributed by atoms with Crippen LogP contribution < -0.4 is 10.6 Å². The summed E-state index contributed by atoms with van der Waals surface area (Å²) in [4.78, 5) is 24.3. The smallest absolute Gasteiger partial charge is 0.273 e. The number of sulfone groups is 1. The maximum absolute atomic E-state index is 12.4. The molecule has 1 heterocycles. The topological polar surface area (TPSA) is 123 Å². The van der Waals surface area contributed by atoms with Crippen LogP contribution in [0.4, 0.5) is 5.69 Å². The van der Waals surface area contributed by atoms with Gasteiger partial charge in [-0.25, -0.2) is 13.1 Å². The van der Waals surface area contributed by atoms with Gasteiger partial charge in [-0.2, -0.15) is 0 Å². The molecule has 156 valence electrons. The second-order valence-electron chi connectivity index (χ2n) is 7.27. The van der Waals surface area contributed by atoms with Crippen molar-refractivity contribution in [3.63, 3.8) is 0 Å². The molecule has 0 unspecified atom stereocenters. The number of carbonyl (C=O) groups is 2. The van der Waals surface area contributed by atoms with Crippen molar-refractivity contribution in [1.29, 1.82) is 0 Å². The van der Waals surface area contributed by atoms with Crippen LogP contribution in [-0.4, -0.2) is 53.3 Å². The maximum Gasteiger partial charge on any atom is 0.273 e. The molecule has 0 aliphatic heterocycles. The molecule has 2 amide bonds. The van der Waals surface area contributed by atoms with Gasteiger partial charge in [0.15, 0.2) is 5.69 Å². The van der Waals surface area contributed by atoms with Gasteiger partial charge in [0, 0.05) is 24.4 Å². The van der Waals surface area contributed by atoms with Gasteiger partial charge < -0.3 is 10.6 Å². The summed E-state index contributed by atoms with van der Waals surface area (Å²) in [5, 5.41) is 13.9. The van der Waals surface area contributed by atoms with Crippen molar-refractivity contribution in [2.45, 2.75) is 45.1 Å². The second kappa shape index (κ2) is 8.73. The van der Waals surface area contributed by atoms with E-state index in [4.69, 9.17) is 0 Å². The molecule has 2 aromatic rings. The minimum atomic E-state index is -3.19. The Balaban J connectivity index is 1.72. The van der Waals surface area contributed by atoms with Crippen molar-refractivity contribution in [2.24, 2.45) is 0 Å². The van der Waals surface area contributed by atoms with E-state index in [2.05, 4.69) is 20.9 Å². The number of rotatable bonds is 9. The summed E-state index contributed by atoms with van der Waals surface area (Å²) in [5.41, 5.74) is 2.36. The third-order valence-electron chi connectivity index (χ3n) is 4.47. The Kier molecular flexibility index (Phi) is 6.31. The molecule has 0 radical (unpaired) electrons. The Morgan fingerprint density at radius 2 is 1.90 bits per heavy atom. The van der Waals surface area contributed by atoms with Crippen LogP contribution in [0.25, 0.3) is 5.69 Å². The molecular weight excluding hydrogens is 394 g/mol. The van der Waals surface area contributed by atoms with E-state index in [0.717, 1.165) is 36.9 Å². The highest BCUT2D eigenvalue weighted by Crippen LogP contribution is 2.21. The minimum Gasteiger partial charge on any atom is -0.348 e. The Morgan fingerprint density at radius 3 is 2.48 bits per heavy atom. The molecule has 0 spiro atoms. The van der Waals surface area contributed by atoms with Crippen LogP contribution >= 0.6 is 0 Å². The fourth-order valence-corrected chi connectivity index (χ4v) is 3.37. The van der Waals surface area contributed by atoms with E-state index in [-0.39, 0.29) is 30.0 Å². The third kappa shape index (κ3) is 5.86. The highest BCUT2D eigenvalue weighted by atomic mass is 32.2. The molecule has 3 rings (SSSR count). The van der Waals surface area contributed by atoms with E-state index in [1.165, 1.54) is 0 Å². The van der Waals surface area contributed by atoms with Crippen LogP contribution in [0.5, 0.6) is 0 Å². The van der Waals surface area contributed by atoms with E-state index >= 15 is 0 Å². The zero-order valence-corrected chi connectivity index (χ0v) is 17.3. The molecule has 1 aliphatic carbocycles.